The maximum atomic E-state index is 13.1. The molecule has 0 spiro atoms. The fourth-order valence-electron chi connectivity index (χ4n) is 1.12. The minimum atomic E-state index is -0.461. The van der Waals surface area contributed by atoms with Gasteiger partial charge in [-0.2, -0.15) is 0 Å². The highest BCUT2D eigenvalue weighted by Gasteiger charge is 2.11. The van der Waals surface area contributed by atoms with Gasteiger partial charge in [0, 0.05) is 6.42 Å². The molecule has 0 radical (unpaired) electrons. The molecule has 13 heavy (non-hydrogen) atoms. The molecule has 1 nitrogen and oxygen atoms in total. The van der Waals surface area contributed by atoms with Gasteiger partial charge in [-0.3, -0.25) is 0 Å². The molecule has 0 saturated carbocycles. The number of aliphatic hydroxyl groups excluding tert-OH is 1. The Kier molecular flexibility index (Phi) is 3.43. The van der Waals surface area contributed by atoms with E-state index in [1.807, 2.05) is 13.8 Å². The Hall–Kier alpha value is -0.890. The summed E-state index contributed by atoms with van der Waals surface area (Å²) in [6, 6.07) is 6.56. The summed E-state index contributed by atoms with van der Waals surface area (Å²) in [5.74, 6) is -0.0678. The molecule has 0 heterocycles. The lowest BCUT2D eigenvalue weighted by Crippen LogP contribution is -2.18. The van der Waals surface area contributed by atoms with Gasteiger partial charge in [-0.1, -0.05) is 32.0 Å². The Morgan fingerprint density at radius 2 is 1.92 bits per heavy atom. The molecule has 0 aliphatic carbocycles. The summed E-state index contributed by atoms with van der Waals surface area (Å²) in [7, 11) is 0. The van der Waals surface area contributed by atoms with Gasteiger partial charge < -0.3 is 5.11 Å². The summed E-state index contributed by atoms with van der Waals surface area (Å²) in [6.07, 6.45) is -0.0680. The average molecular weight is 182 g/mol. The van der Waals surface area contributed by atoms with Crippen molar-refractivity contribution in [3.8, 4) is 0 Å². The quantitative estimate of drug-likeness (QED) is 0.761. The molecule has 0 aliphatic heterocycles. The van der Waals surface area contributed by atoms with Crippen LogP contribution in [0, 0.1) is 11.7 Å². The molecule has 1 atom stereocenters. The van der Waals surface area contributed by atoms with Crippen LogP contribution in [0.5, 0.6) is 0 Å². The van der Waals surface area contributed by atoms with Crippen LogP contribution in [-0.2, 0) is 6.42 Å². The Balaban J connectivity index is 2.69. The number of hydrogen-bond acceptors (Lipinski definition) is 1. The third kappa shape index (κ3) is 2.81. The monoisotopic (exact) mass is 182 g/mol. The second-order valence-corrected chi connectivity index (χ2v) is 3.61. The summed E-state index contributed by atoms with van der Waals surface area (Å²) in [6.45, 7) is 3.84. The maximum absolute atomic E-state index is 13.1. The molecule has 1 rings (SSSR count). The molecule has 0 bridgehead atoms. The average Bonchev–Trinajstić information content (AvgIpc) is 2.08. The van der Waals surface area contributed by atoms with E-state index in [2.05, 4.69) is 0 Å². The predicted molar refractivity (Wildman–Crippen MR) is 50.9 cm³/mol. The van der Waals surface area contributed by atoms with E-state index in [9.17, 15) is 9.50 Å². The molecule has 0 aromatic heterocycles. The van der Waals surface area contributed by atoms with Crippen LogP contribution in [0.2, 0.25) is 0 Å². The van der Waals surface area contributed by atoms with Crippen LogP contribution in [0.3, 0.4) is 0 Å². The Bertz CT molecular complexity index is 271. The predicted octanol–water partition coefficient (Wildman–Crippen LogP) is 2.39. The fraction of sp³-hybridized carbons (Fsp3) is 0.455. The first-order valence-electron chi connectivity index (χ1n) is 4.52. The van der Waals surface area contributed by atoms with Gasteiger partial charge in [0.25, 0.3) is 0 Å². The van der Waals surface area contributed by atoms with Gasteiger partial charge in [0.2, 0.25) is 0 Å². The number of benzene rings is 1. The van der Waals surface area contributed by atoms with E-state index in [0.29, 0.717) is 12.0 Å². The second kappa shape index (κ2) is 4.38. The van der Waals surface area contributed by atoms with Crippen molar-refractivity contribution in [2.24, 2.45) is 5.92 Å². The minimum absolute atomic E-state index is 0.166. The summed E-state index contributed by atoms with van der Waals surface area (Å²) in [5, 5.41) is 9.54. The molecule has 0 amide bonds. The van der Waals surface area contributed by atoms with E-state index in [1.165, 1.54) is 6.07 Å². The van der Waals surface area contributed by atoms with E-state index in [0.717, 1.165) is 0 Å². The molecule has 1 unspecified atom stereocenters. The van der Waals surface area contributed by atoms with Crippen molar-refractivity contribution >= 4 is 0 Å². The molecule has 2 heteroatoms. The smallest absolute Gasteiger partial charge is 0.126 e. The van der Waals surface area contributed by atoms with Crippen LogP contribution < -0.4 is 0 Å². The first-order chi connectivity index (χ1) is 6.11. The highest BCUT2D eigenvalue weighted by molar-refractivity contribution is 5.18. The van der Waals surface area contributed by atoms with Crippen LogP contribution in [0.25, 0.3) is 0 Å². The topological polar surface area (TPSA) is 20.2 Å². The van der Waals surface area contributed by atoms with Crippen molar-refractivity contribution in [1.29, 1.82) is 0 Å². The fourth-order valence-corrected chi connectivity index (χ4v) is 1.12. The Labute approximate surface area is 78.2 Å². The standard InChI is InChI=1S/C11H15FO/c1-8(2)11(13)7-9-5-3-4-6-10(9)12/h3-6,8,11,13H,7H2,1-2H3. The van der Waals surface area contributed by atoms with E-state index in [4.69, 9.17) is 0 Å². The third-order valence-electron chi connectivity index (χ3n) is 2.16. The lowest BCUT2D eigenvalue weighted by Gasteiger charge is -2.14. The van der Waals surface area contributed by atoms with Crippen molar-refractivity contribution in [2.45, 2.75) is 26.4 Å². The molecule has 72 valence electrons. The lowest BCUT2D eigenvalue weighted by molar-refractivity contribution is 0.124. The molecule has 1 aromatic rings. The van der Waals surface area contributed by atoms with Gasteiger partial charge in [-0.05, 0) is 17.5 Å². The number of rotatable bonds is 3. The zero-order valence-electron chi connectivity index (χ0n) is 8.00. The van der Waals surface area contributed by atoms with E-state index in [-0.39, 0.29) is 11.7 Å². The largest absolute Gasteiger partial charge is 0.393 e. The normalized spacial score (nSPS) is 13.3. The molecular weight excluding hydrogens is 167 g/mol. The van der Waals surface area contributed by atoms with Crippen LogP contribution in [-0.4, -0.2) is 11.2 Å². The zero-order chi connectivity index (χ0) is 9.84. The Morgan fingerprint density at radius 1 is 1.31 bits per heavy atom. The van der Waals surface area contributed by atoms with Crippen LogP contribution in [0.4, 0.5) is 4.39 Å². The molecule has 1 N–H and O–H groups in total. The van der Waals surface area contributed by atoms with Gasteiger partial charge in [0.1, 0.15) is 5.82 Å². The van der Waals surface area contributed by atoms with Gasteiger partial charge in [-0.25, -0.2) is 4.39 Å². The van der Waals surface area contributed by atoms with Gasteiger partial charge in [0.15, 0.2) is 0 Å². The van der Waals surface area contributed by atoms with Crippen LogP contribution in [0.15, 0.2) is 24.3 Å². The lowest BCUT2D eigenvalue weighted by atomic mass is 9.99. The summed E-state index contributed by atoms with van der Waals surface area (Å²) >= 11 is 0. The molecule has 0 aliphatic rings. The van der Waals surface area contributed by atoms with Crippen molar-refractivity contribution < 1.29 is 9.50 Å². The van der Waals surface area contributed by atoms with Gasteiger partial charge in [-0.15, -0.1) is 0 Å². The van der Waals surface area contributed by atoms with Gasteiger partial charge >= 0.3 is 0 Å². The highest BCUT2D eigenvalue weighted by atomic mass is 19.1. The number of hydrogen-bond donors (Lipinski definition) is 1. The van der Waals surface area contributed by atoms with E-state index >= 15 is 0 Å². The van der Waals surface area contributed by atoms with Crippen molar-refractivity contribution in [3.05, 3.63) is 35.6 Å². The molecular formula is C11H15FO. The third-order valence-corrected chi connectivity index (χ3v) is 2.16. The maximum Gasteiger partial charge on any atom is 0.126 e. The zero-order valence-corrected chi connectivity index (χ0v) is 8.00. The first-order valence-corrected chi connectivity index (χ1v) is 4.52. The minimum Gasteiger partial charge on any atom is -0.393 e. The summed E-state index contributed by atoms with van der Waals surface area (Å²) in [5.41, 5.74) is 0.587. The summed E-state index contributed by atoms with van der Waals surface area (Å²) in [4.78, 5) is 0. The molecule has 0 saturated heterocycles. The molecule has 0 fully saturated rings. The second-order valence-electron chi connectivity index (χ2n) is 3.61. The highest BCUT2D eigenvalue weighted by Crippen LogP contribution is 2.12. The Morgan fingerprint density at radius 3 is 2.46 bits per heavy atom. The van der Waals surface area contributed by atoms with Crippen molar-refractivity contribution in [1.82, 2.24) is 0 Å². The van der Waals surface area contributed by atoms with Crippen LogP contribution in [0.1, 0.15) is 19.4 Å². The SMILES string of the molecule is CC(C)C(O)Cc1ccccc1F. The van der Waals surface area contributed by atoms with Crippen LogP contribution >= 0.6 is 0 Å². The number of aliphatic hydroxyl groups is 1. The van der Waals surface area contributed by atoms with E-state index in [1.54, 1.807) is 18.2 Å². The van der Waals surface area contributed by atoms with Crippen molar-refractivity contribution in [3.63, 3.8) is 0 Å². The summed E-state index contributed by atoms with van der Waals surface area (Å²) < 4.78 is 13.1. The van der Waals surface area contributed by atoms with Gasteiger partial charge in [0.05, 0.1) is 6.10 Å². The first kappa shape index (κ1) is 10.2. The van der Waals surface area contributed by atoms with E-state index < -0.39 is 6.10 Å². The molecule has 1 aromatic carbocycles. The number of halogens is 1. The van der Waals surface area contributed by atoms with Crippen molar-refractivity contribution in [2.75, 3.05) is 0 Å².